The highest BCUT2D eigenvalue weighted by Crippen LogP contribution is 2.29. The van der Waals surface area contributed by atoms with Gasteiger partial charge in [-0.05, 0) is 44.2 Å². The van der Waals surface area contributed by atoms with Crippen LogP contribution in [0.5, 0.6) is 0 Å². The van der Waals surface area contributed by atoms with Crippen LogP contribution in [-0.2, 0) is 12.8 Å². The van der Waals surface area contributed by atoms with Crippen molar-refractivity contribution in [2.75, 3.05) is 0 Å². The highest BCUT2D eigenvalue weighted by Gasteiger charge is 2.26. The molecule has 104 valence electrons. The maximum absolute atomic E-state index is 11.3. The highest BCUT2D eigenvalue weighted by atomic mass is 35.5. The Kier molecular flexibility index (Phi) is 3.13. The normalized spacial score (nSPS) is 14.1. The van der Waals surface area contributed by atoms with E-state index in [0.29, 0.717) is 0 Å². The second-order valence-electron chi connectivity index (χ2n) is 4.72. The predicted molar refractivity (Wildman–Crippen MR) is 72.2 cm³/mol. The lowest BCUT2D eigenvalue weighted by Crippen LogP contribution is -2.11. The topological polar surface area (TPSA) is 86.7 Å². The van der Waals surface area contributed by atoms with Crippen LogP contribution in [0.2, 0.25) is 5.28 Å². The summed E-state index contributed by atoms with van der Waals surface area (Å²) in [4.78, 5) is 23.0. The third-order valence-electron chi connectivity index (χ3n) is 3.45. The molecular formula is C12H12ClN5O2. The number of nitro groups is 1. The third-order valence-corrected chi connectivity index (χ3v) is 3.62. The summed E-state index contributed by atoms with van der Waals surface area (Å²) >= 11 is 5.85. The van der Waals surface area contributed by atoms with Crippen LogP contribution in [0.4, 0.5) is 5.69 Å². The molecule has 20 heavy (non-hydrogen) atoms. The molecule has 2 aromatic heterocycles. The first kappa shape index (κ1) is 13.0. The molecule has 0 amide bonds. The molecule has 7 nitrogen and oxygen atoms in total. The van der Waals surface area contributed by atoms with Crippen molar-refractivity contribution >= 4 is 17.3 Å². The fraction of sp³-hybridized carbons (Fsp3) is 0.417. The largest absolute Gasteiger partial charge is 0.333 e. The fourth-order valence-corrected chi connectivity index (χ4v) is 2.76. The van der Waals surface area contributed by atoms with Crippen LogP contribution in [-0.4, -0.2) is 24.4 Å². The number of aromatic nitrogens is 4. The zero-order valence-corrected chi connectivity index (χ0v) is 11.6. The molecule has 0 aromatic carbocycles. The third kappa shape index (κ3) is 2.03. The summed E-state index contributed by atoms with van der Waals surface area (Å²) in [5.41, 5.74) is 2.09. The second-order valence-corrected chi connectivity index (χ2v) is 5.06. The van der Waals surface area contributed by atoms with Gasteiger partial charge in [-0.2, -0.15) is 4.98 Å². The number of hydrogen-bond donors (Lipinski definition) is 0. The molecule has 2 aromatic rings. The van der Waals surface area contributed by atoms with Crippen molar-refractivity contribution in [3.63, 3.8) is 0 Å². The Balaban J connectivity index is 2.24. The standard InChI is InChI=1S/C12H12ClN5O2/c1-7-10(18(19)20)11(16-12(13)15-7)17-6-14-8-4-2-3-5-9(8)17/h6H,2-5H2,1H3. The molecule has 0 saturated carbocycles. The van der Waals surface area contributed by atoms with E-state index in [4.69, 9.17) is 11.6 Å². The highest BCUT2D eigenvalue weighted by molar-refractivity contribution is 6.28. The van der Waals surface area contributed by atoms with Crippen LogP contribution < -0.4 is 0 Å². The smallest absolute Gasteiger partial charge is 0.281 e. The van der Waals surface area contributed by atoms with Crippen molar-refractivity contribution in [3.8, 4) is 5.82 Å². The van der Waals surface area contributed by atoms with E-state index in [0.717, 1.165) is 37.1 Å². The lowest BCUT2D eigenvalue weighted by atomic mass is 10.0. The summed E-state index contributed by atoms with van der Waals surface area (Å²) in [5, 5.41) is 11.3. The average molecular weight is 294 g/mol. The van der Waals surface area contributed by atoms with E-state index in [9.17, 15) is 10.1 Å². The maximum atomic E-state index is 11.3. The van der Waals surface area contributed by atoms with Crippen LogP contribution in [0, 0.1) is 17.0 Å². The van der Waals surface area contributed by atoms with Gasteiger partial charge in [-0.1, -0.05) is 0 Å². The first-order valence-corrected chi connectivity index (χ1v) is 6.69. The van der Waals surface area contributed by atoms with Gasteiger partial charge in [0.2, 0.25) is 11.1 Å². The molecule has 0 unspecified atom stereocenters. The first-order chi connectivity index (χ1) is 9.58. The lowest BCUT2D eigenvalue weighted by Gasteiger charge is -2.13. The van der Waals surface area contributed by atoms with Crippen LogP contribution in [0.25, 0.3) is 5.82 Å². The molecule has 1 aliphatic rings. The van der Waals surface area contributed by atoms with E-state index in [2.05, 4.69) is 15.0 Å². The molecule has 1 aliphatic carbocycles. The molecule has 0 bridgehead atoms. The predicted octanol–water partition coefficient (Wildman–Crippen LogP) is 2.41. The van der Waals surface area contributed by atoms with Crippen molar-refractivity contribution < 1.29 is 4.92 Å². The minimum atomic E-state index is -0.476. The van der Waals surface area contributed by atoms with Gasteiger partial charge in [-0.15, -0.1) is 0 Å². The number of nitrogens with zero attached hydrogens (tertiary/aromatic N) is 5. The molecule has 2 heterocycles. The van der Waals surface area contributed by atoms with Crippen molar-refractivity contribution in [2.45, 2.75) is 32.6 Å². The zero-order valence-electron chi connectivity index (χ0n) is 10.8. The number of fused-ring (bicyclic) bond motifs is 1. The van der Waals surface area contributed by atoms with Crippen LogP contribution in [0.3, 0.4) is 0 Å². The second kappa shape index (κ2) is 4.82. The summed E-state index contributed by atoms with van der Waals surface area (Å²) in [6.45, 7) is 1.55. The fourth-order valence-electron chi connectivity index (χ4n) is 2.55. The minimum absolute atomic E-state index is 0.00126. The van der Waals surface area contributed by atoms with Gasteiger partial charge in [-0.25, -0.2) is 9.97 Å². The number of imidazole rings is 1. The van der Waals surface area contributed by atoms with E-state index < -0.39 is 4.92 Å². The first-order valence-electron chi connectivity index (χ1n) is 6.32. The van der Waals surface area contributed by atoms with Gasteiger partial charge in [0.15, 0.2) is 0 Å². The lowest BCUT2D eigenvalue weighted by molar-refractivity contribution is -0.385. The molecule has 0 spiro atoms. The Morgan fingerprint density at radius 3 is 2.85 bits per heavy atom. The Morgan fingerprint density at radius 1 is 1.35 bits per heavy atom. The van der Waals surface area contributed by atoms with Gasteiger partial charge in [0, 0.05) is 5.69 Å². The Bertz CT molecular complexity index is 697. The van der Waals surface area contributed by atoms with Gasteiger partial charge in [-0.3, -0.25) is 14.7 Å². The molecule has 0 N–H and O–H groups in total. The number of hydrogen-bond acceptors (Lipinski definition) is 5. The van der Waals surface area contributed by atoms with E-state index in [-0.39, 0.29) is 22.5 Å². The number of halogens is 1. The van der Waals surface area contributed by atoms with Gasteiger partial charge in [0.1, 0.15) is 12.0 Å². The quantitative estimate of drug-likeness (QED) is 0.482. The molecular weight excluding hydrogens is 282 g/mol. The van der Waals surface area contributed by atoms with E-state index >= 15 is 0 Å². The Hall–Kier alpha value is -2.02. The van der Waals surface area contributed by atoms with Gasteiger partial charge < -0.3 is 0 Å². The van der Waals surface area contributed by atoms with Crippen LogP contribution >= 0.6 is 11.6 Å². The van der Waals surface area contributed by atoms with Crippen LogP contribution in [0.1, 0.15) is 29.9 Å². The van der Waals surface area contributed by atoms with Crippen molar-refractivity contribution in [1.29, 1.82) is 0 Å². The summed E-state index contributed by atoms with van der Waals surface area (Å²) < 4.78 is 1.67. The molecule has 0 atom stereocenters. The Labute approximate surface area is 119 Å². The maximum Gasteiger partial charge on any atom is 0.333 e. The summed E-state index contributed by atoms with van der Waals surface area (Å²) in [6, 6.07) is 0. The molecule has 3 rings (SSSR count). The van der Waals surface area contributed by atoms with Gasteiger partial charge >= 0.3 is 5.69 Å². The van der Waals surface area contributed by atoms with Crippen molar-refractivity contribution in [2.24, 2.45) is 0 Å². The number of aryl methyl sites for hydroxylation is 2. The molecule has 0 radical (unpaired) electrons. The summed E-state index contributed by atoms with van der Waals surface area (Å²) in [6.07, 6.45) is 5.46. The Morgan fingerprint density at radius 2 is 2.10 bits per heavy atom. The summed E-state index contributed by atoms with van der Waals surface area (Å²) in [7, 11) is 0. The van der Waals surface area contributed by atoms with Crippen LogP contribution in [0.15, 0.2) is 6.33 Å². The zero-order chi connectivity index (χ0) is 14.3. The van der Waals surface area contributed by atoms with Crippen molar-refractivity contribution in [1.82, 2.24) is 19.5 Å². The van der Waals surface area contributed by atoms with Crippen molar-refractivity contribution in [3.05, 3.63) is 38.8 Å². The van der Waals surface area contributed by atoms with Gasteiger partial charge in [0.05, 0.1) is 10.6 Å². The van der Waals surface area contributed by atoms with E-state index in [1.54, 1.807) is 17.8 Å². The molecule has 0 saturated heterocycles. The van der Waals surface area contributed by atoms with Gasteiger partial charge in [0.25, 0.3) is 0 Å². The van der Waals surface area contributed by atoms with E-state index in [1.807, 2.05) is 0 Å². The van der Waals surface area contributed by atoms with E-state index in [1.165, 1.54) is 0 Å². The molecule has 0 aliphatic heterocycles. The molecule has 8 heteroatoms. The monoisotopic (exact) mass is 293 g/mol. The average Bonchev–Trinajstić information content (AvgIpc) is 2.80. The molecule has 0 fully saturated rings. The SMILES string of the molecule is Cc1nc(Cl)nc(-n2cnc3c2CCCC3)c1[N+](=O)[O-]. The minimum Gasteiger partial charge on any atom is -0.281 e. The summed E-state index contributed by atoms with van der Waals surface area (Å²) in [5.74, 6) is 0.197. The number of rotatable bonds is 2.